The van der Waals surface area contributed by atoms with Gasteiger partial charge in [0, 0.05) is 17.2 Å². The molecule has 1 unspecified atom stereocenters. The second-order valence-electron chi connectivity index (χ2n) is 7.15. The van der Waals surface area contributed by atoms with Crippen molar-refractivity contribution in [2.24, 2.45) is 5.92 Å². The topological polar surface area (TPSA) is 68.3 Å². The summed E-state index contributed by atoms with van der Waals surface area (Å²) < 4.78 is 38.9. The highest BCUT2D eigenvalue weighted by Gasteiger charge is 2.64. The number of ketones is 1. The Morgan fingerprint density at radius 2 is 1.59 bits per heavy atom. The average Bonchev–Trinajstić information content (AvgIpc) is 3.16. The van der Waals surface area contributed by atoms with E-state index in [4.69, 9.17) is 0 Å². The summed E-state index contributed by atoms with van der Waals surface area (Å²) in [6.45, 7) is 4.00. The number of carbonyl (C=O) groups excluding carboxylic acids is 1. The summed E-state index contributed by atoms with van der Waals surface area (Å²) in [5, 5.41) is -0.876. The van der Waals surface area contributed by atoms with Crippen molar-refractivity contribution in [3.8, 4) is 0 Å². The minimum atomic E-state index is -3.71. The summed E-state index contributed by atoms with van der Waals surface area (Å²) in [6, 6.07) is 17.1. The lowest BCUT2D eigenvalue weighted by atomic mass is 9.98. The number of hydrogen-bond donors (Lipinski definition) is 0. The van der Waals surface area contributed by atoms with Crippen LogP contribution in [0.3, 0.4) is 0 Å². The number of sulfone groups is 1. The molecule has 6 heteroatoms. The van der Waals surface area contributed by atoms with Gasteiger partial charge in [-0.15, -0.1) is 0 Å². The van der Waals surface area contributed by atoms with Crippen molar-refractivity contribution < 1.29 is 17.4 Å². The summed E-state index contributed by atoms with van der Waals surface area (Å²) in [6.07, 6.45) is 0.846. The zero-order valence-corrected chi connectivity index (χ0v) is 16.3. The maximum absolute atomic E-state index is 13.5. The normalized spacial score (nSPS) is 28.9. The van der Waals surface area contributed by atoms with Gasteiger partial charge in [-0.1, -0.05) is 48.6 Å². The second kappa shape index (κ2) is 6.53. The molecule has 0 bridgehead atoms. The number of benzene rings is 2. The highest BCUT2D eigenvalue weighted by molar-refractivity contribution is 7.92. The number of Topliss-reactive ketones (excluding diaryl/α,β-unsaturated/α-hetero) is 1. The Bertz CT molecular complexity index is 1030. The van der Waals surface area contributed by atoms with Gasteiger partial charge in [-0.3, -0.25) is 9.00 Å². The molecule has 140 valence electrons. The average molecular weight is 401 g/mol. The molecule has 4 rings (SSSR count). The first-order chi connectivity index (χ1) is 12.9. The van der Waals surface area contributed by atoms with Gasteiger partial charge >= 0.3 is 0 Å². The molecule has 2 aliphatic rings. The molecule has 2 aromatic rings. The quantitative estimate of drug-likeness (QED) is 0.739. The molecule has 2 saturated carbocycles. The minimum Gasteiger partial charge on any atom is -0.298 e. The molecule has 0 heterocycles. The Morgan fingerprint density at radius 1 is 1.00 bits per heavy atom. The highest BCUT2D eigenvalue weighted by atomic mass is 32.2. The molecule has 2 aromatic carbocycles. The molecule has 0 amide bonds. The standard InChI is InChI=1S/C21H20O4S2/c1-15-14-21(26(23)16-8-4-2-5-9-16)18(12-13-19(21)22)20(15)27(24,25)17-10-6-3-7-11-17/h2-11,18,20H,1,12-14H2/t18-,20-,21-,26?/m0/s1. The van der Waals surface area contributed by atoms with Crippen LogP contribution in [0.25, 0.3) is 0 Å². The molecule has 4 nitrogen and oxygen atoms in total. The van der Waals surface area contributed by atoms with Gasteiger partial charge in [0.2, 0.25) is 0 Å². The van der Waals surface area contributed by atoms with Gasteiger partial charge in [0.1, 0.15) is 4.75 Å². The van der Waals surface area contributed by atoms with Gasteiger partial charge in [0.25, 0.3) is 0 Å². The van der Waals surface area contributed by atoms with Crippen molar-refractivity contribution >= 4 is 26.4 Å². The van der Waals surface area contributed by atoms with E-state index in [1.807, 2.05) is 6.07 Å². The molecule has 4 atom stereocenters. The fraction of sp³-hybridized carbons (Fsp3) is 0.286. The molecule has 0 aromatic heterocycles. The summed E-state index contributed by atoms with van der Waals surface area (Å²) in [7, 11) is -5.33. The highest BCUT2D eigenvalue weighted by Crippen LogP contribution is 2.55. The van der Waals surface area contributed by atoms with Crippen molar-refractivity contribution in [1.29, 1.82) is 0 Å². The molecule has 2 fully saturated rings. The molecule has 27 heavy (non-hydrogen) atoms. The first-order valence-corrected chi connectivity index (χ1v) is 11.6. The summed E-state index contributed by atoms with van der Waals surface area (Å²) in [4.78, 5) is 13.7. The van der Waals surface area contributed by atoms with Gasteiger partial charge < -0.3 is 0 Å². The third-order valence-corrected chi connectivity index (χ3v) is 10.0. The Balaban J connectivity index is 1.82. The Morgan fingerprint density at radius 3 is 2.22 bits per heavy atom. The van der Waals surface area contributed by atoms with Crippen LogP contribution < -0.4 is 0 Å². The lowest BCUT2D eigenvalue weighted by Crippen LogP contribution is -2.44. The van der Waals surface area contributed by atoms with Crippen molar-refractivity contribution in [2.75, 3.05) is 0 Å². The van der Waals surface area contributed by atoms with E-state index in [2.05, 4.69) is 6.58 Å². The monoisotopic (exact) mass is 400 g/mol. The van der Waals surface area contributed by atoms with Gasteiger partial charge in [-0.25, -0.2) is 8.42 Å². The van der Waals surface area contributed by atoms with E-state index < -0.39 is 36.6 Å². The molecular formula is C21H20O4S2. The predicted molar refractivity (Wildman–Crippen MR) is 104 cm³/mol. The first-order valence-electron chi connectivity index (χ1n) is 8.86. The fourth-order valence-corrected chi connectivity index (χ4v) is 8.76. The summed E-state index contributed by atoms with van der Waals surface area (Å²) in [5.41, 5.74) is 0.487. The number of hydrogen-bond acceptors (Lipinski definition) is 4. The van der Waals surface area contributed by atoms with E-state index in [1.54, 1.807) is 54.6 Å². The van der Waals surface area contributed by atoms with Gasteiger partial charge in [0.05, 0.1) is 20.9 Å². The Kier molecular flexibility index (Phi) is 4.43. The Hall–Kier alpha value is -2.05. The number of fused-ring (bicyclic) bond motifs is 1. The van der Waals surface area contributed by atoms with Crippen LogP contribution in [0.4, 0.5) is 0 Å². The third kappa shape index (κ3) is 2.65. The largest absolute Gasteiger partial charge is 0.298 e. The SMILES string of the molecule is C=C1C[C@@]2(S(=O)c3ccccc3)C(=O)CC[C@H]2[C@H]1S(=O)(=O)c1ccccc1. The lowest BCUT2D eigenvalue weighted by molar-refractivity contribution is -0.119. The summed E-state index contributed by atoms with van der Waals surface area (Å²) in [5.74, 6) is -0.620. The van der Waals surface area contributed by atoms with Crippen LogP contribution in [0.2, 0.25) is 0 Å². The molecule has 0 aliphatic heterocycles. The number of rotatable bonds is 4. The van der Waals surface area contributed by atoms with Crippen molar-refractivity contribution in [3.63, 3.8) is 0 Å². The van der Waals surface area contributed by atoms with Crippen LogP contribution >= 0.6 is 0 Å². The van der Waals surface area contributed by atoms with E-state index in [9.17, 15) is 17.4 Å². The molecule has 0 spiro atoms. The maximum Gasteiger partial charge on any atom is 0.185 e. The second-order valence-corrected chi connectivity index (χ2v) is 11.0. The van der Waals surface area contributed by atoms with Gasteiger partial charge in [-0.05, 0) is 37.1 Å². The van der Waals surface area contributed by atoms with E-state index >= 15 is 0 Å². The zero-order valence-electron chi connectivity index (χ0n) is 14.7. The zero-order chi connectivity index (χ0) is 19.2. The van der Waals surface area contributed by atoms with Crippen LogP contribution in [0.15, 0.2) is 82.6 Å². The number of carbonyl (C=O) groups is 1. The van der Waals surface area contributed by atoms with Crippen LogP contribution in [0.5, 0.6) is 0 Å². The van der Waals surface area contributed by atoms with E-state index in [-0.39, 0.29) is 23.5 Å². The van der Waals surface area contributed by atoms with Crippen molar-refractivity contribution in [3.05, 3.63) is 72.8 Å². The fourth-order valence-electron chi connectivity index (χ4n) is 4.54. The molecule has 0 N–H and O–H groups in total. The van der Waals surface area contributed by atoms with E-state index in [0.29, 0.717) is 16.9 Å². The van der Waals surface area contributed by atoms with Gasteiger partial charge in [0.15, 0.2) is 15.6 Å². The molecular weight excluding hydrogens is 380 g/mol. The molecule has 2 aliphatic carbocycles. The lowest BCUT2D eigenvalue weighted by Gasteiger charge is -2.28. The van der Waals surface area contributed by atoms with Crippen LogP contribution in [0, 0.1) is 5.92 Å². The minimum absolute atomic E-state index is 0.110. The molecule has 0 radical (unpaired) electrons. The van der Waals surface area contributed by atoms with Crippen LogP contribution in [-0.2, 0) is 25.4 Å². The van der Waals surface area contributed by atoms with Gasteiger partial charge in [-0.2, -0.15) is 0 Å². The smallest absolute Gasteiger partial charge is 0.185 e. The van der Waals surface area contributed by atoms with Crippen molar-refractivity contribution in [2.45, 2.75) is 39.1 Å². The van der Waals surface area contributed by atoms with E-state index in [1.165, 1.54) is 0 Å². The van der Waals surface area contributed by atoms with Crippen molar-refractivity contribution in [1.82, 2.24) is 0 Å². The Labute approximate surface area is 161 Å². The molecule has 0 saturated heterocycles. The van der Waals surface area contributed by atoms with Crippen LogP contribution in [-0.4, -0.2) is 28.4 Å². The summed E-state index contributed by atoms with van der Waals surface area (Å²) >= 11 is 0. The van der Waals surface area contributed by atoms with Crippen LogP contribution in [0.1, 0.15) is 19.3 Å². The first kappa shape index (κ1) is 18.3. The predicted octanol–water partition coefficient (Wildman–Crippen LogP) is 3.31. The maximum atomic E-state index is 13.5. The third-order valence-electron chi connectivity index (χ3n) is 5.71. The van der Waals surface area contributed by atoms with E-state index in [0.717, 1.165) is 0 Å².